The first-order valence-corrected chi connectivity index (χ1v) is 9.85. The summed E-state index contributed by atoms with van der Waals surface area (Å²) in [6, 6.07) is -2.23. The Hall–Kier alpha value is -1.48. The van der Waals surface area contributed by atoms with Crippen LogP contribution in [0, 0.1) is 0 Å². The van der Waals surface area contributed by atoms with Crippen molar-refractivity contribution in [1.82, 2.24) is 9.96 Å². The summed E-state index contributed by atoms with van der Waals surface area (Å²) in [5.74, 6) is -0.627. The number of amides is 2. The summed E-state index contributed by atoms with van der Waals surface area (Å²) in [4.78, 5) is 13.3. The molecule has 0 aromatic carbocycles. The van der Waals surface area contributed by atoms with Gasteiger partial charge in [0.2, 0.25) is 0 Å². The van der Waals surface area contributed by atoms with Gasteiger partial charge in [0.1, 0.15) is 5.84 Å². The van der Waals surface area contributed by atoms with Crippen molar-refractivity contribution in [3.05, 3.63) is 0 Å². The number of nitrogens with two attached hydrogens (primary N) is 1. The van der Waals surface area contributed by atoms with Crippen LogP contribution >= 0.6 is 0 Å². The zero-order valence-corrected chi connectivity index (χ0v) is 14.4. The van der Waals surface area contributed by atoms with Crippen molar-refractivity contribution in [2.75, 3.05) is 26.0 Å². The van der Waals surface area contributed by atoms with Gasteiger partial charge in [0.05, 0.1) is 24.4 Å². The number of urea groups is 1. The van der Waals surface area contributed by atoms with E-state index < -0.39 is 38.5 Å². The van der Waals surface area contributed by atoms with Gasteiger partial charge in [-0.1, -0.05) is 0 Å². The van der Waals surface area contributed by atoms with Crippen molar-refractivity contribution >= 4 is 32.3 Å². The van der Waals surface area contributed by atoms with E-state index in [9.17, 15) is 21.6 Å². The molecular weight excluding hydrogens is 368 g/mol. The Balaban J connectivity index is 2.16. The molecule has 0 aromatic heterocycles. The maximum atomic E-state index is 12.2. The van der Waals surface area contributed by atoms with Crippen molar-refractivity contribution < 1.29 is 35.2 Å². The Morgan fingerprint density at radius 1 is 1.38 bits per heavy atom. The number of ether oxygens (including phenoxy) is 1. The minimum Gasteiger partial charge on any atom is -0.385 e. The number of methoxy groups -OCH3 is 1. The summed E-state index contributed by atoms with van der Waals surface area (Å²) < 4.78 is 66.3. The van der Waals surface area contributed by atoms with Gasteiger partial charge < -0.3 is 15.4 Å². The number of hydrogen-bond acceptors (Lipinski definition) is 7. The lowest BCUT2D eigenvalue weighted by molar-refractivity contribution is -0.0316. The van der Waals surface area contributed by atoms with E-state index in [1.54, 1.807) is 0 Å². The Morgan fingerprint density at radius 3 is 2.62 bits per heavy atom. The van der Waals surface area contributed by atoms with Crippen molar-refractivity contribution in [2.24, 2.45) is 10.1 Å². The molecule has 0 radical (unpaired) electrons. The molecule has 2 fully saturated rings. The van der Waals surface area contributed by atoms with Gasteiger partial charge in [-0.3, -0.25) is 4.55 Å². The number of carbonyl (C=O) groups excluding carboxylic acids is 1. The van der Waals surface area contributed by atoms with E-state index in [0.29, 0.717) is 11.5 Å². The number of hydroxylamine groups is 2. The summed E-state index contributed by atoms with van der Waals surface area (Å²) in [5, 5.41) is 0.544. The number of amidine groups is 1. The standard InChI is InChI=1S/C10H18N4O8S2/c1-21-4-5-23(16,17)12-9(11)8-3-2-7-6-13(8)10(15)14(7)22-24(18,19)20/h7-8H,2-6H2,1H3,(H2,11,12)(H,18,19,20). The maximum Gasteiger partial charge on any atom is 0.418 e. The molecule has 138 valence electrons. The topological polar surface area (TPSA) is 169 Å². The Labute approximate surface area is 139 Å². The van der Waals surface area contributed by atoms with Crippen LogP contribution in [0.15, 0.2) is 4.40 Å². The van der Waals surface area contributed by atoms with Crippen LogP contribution in [0.4, 0.5) is 4.79 Å². The molecule has 24 heavy (non-hydrogen) atoms. The molecular formula is C10H18N4O8S2. The maximum absolute atomic E-state index is 12.2. The Bertz CT molecular complexity index is 734. The van der Waals surface area contributed by atoms with Crippen LogP contribution in [0.3, 0.4) is 0 Å². The number of sulfonamides is 1. The highest BCUT2D eigenvalue weighted by atomic mass is 32.3. The predicted molar refractivity (Wildman–Crippen MR) is 80.7 cm³/mol. The highest BCUT2D eigenvalue weighted by molar-refractivity contribution is 7.90. The third kappa shape index (κ3) is 4.32. The van der Waals surface area contributed by atoms with Gasteiger partial charge in [-0.25, -0.2) is 13.2 Å². The molecule has 2 atom stereocenters. The summed E-state index contributed by atoms with van der Waals surface area (Å²) in [6.45, 7) is 0.0256. The first kappa shape index (κ1) is 18.9. The zero-order chi connectivity index (χ0) is 18.1. The fourth-order valence-electron chi connectivity index (χ4n) is 2.59. The minimum absolute atomic E-state index is 0.0511. The van der Waals surface area contributed by atoms with E-state index in [1.165, 1.54) is 7.11 Å². The lowest BCUT2D eigenvalue weighted by Crippen LogP contribution is -2.48. The number of piperidine rings is 1. The highest BCUT2D eigenvalue weighted by Gasteiger charge is 2.48. The van der Waals surface area contributed by atoms with E-state index in [-0.39, 0.29) is 31.2 Å². The van der Waals surface area contributed by atoms with E-state index in [2.05, 4.69) is 13.4 Å². The SMILES string of the molecule is COCCS(=O)(=O)N=C(N)C1CCC2CN1C(=O)N2OS(=O)(=O)O. The van der Waals surface area contributed by atoms with Crippen molar-refractivity contribution in [1.29, 1.82) is 0 Å². The lowest BCUT2D eigenvalue weighted by Gasteiger charge is -2.29. The van der Waals surface area contributed by atoms with Gasteiger partial charge in [0, 0.05) is 13.7 Å². The Kier molecular flexibility index (Phi) is 5.34. The highest BCUT2D eigenvalue weighted by Crippen LogP contribution is 2.30. The quantitative estimate of drug-likeness (QED) is 0.295. The normalized spacial score (nSPS) is 25.4. The molecule has 2 bridgehead atoms. The monoisotopic (exact) mass is 386 g/mol. The van der Waals surface area contributed by atoms with E-state index in [4.69, 9.17) is 10.3 Å². The Morgan fingerprint density at radius 2 is 2.04 bits per heavy atom. The first-order valence-electron chi connectivity index (χ1n) is 6.88. The van der Waals surface area contributed by atoms with Gasteiger partial charge in [-0.05, 0) is 12.8 Å². The molecule has 2 aliphatic heterocycles. The van der Waals surface area contributed by atoms with Crippen molar-refractivity contribution in [3.8, 4) is 0 Å². The molecule has 2 heterocycles. The molecule has 0 spiro atoms. The fourth-order valence-corrected chi connectivity index (χ4v) is 3.89. The predicted octanol–water partition coefficient (Wildman–Crippen LogP) is -1.68. The van der Waals surface area contributed by atoms with Crippen LogP contribution in [0.5, 0.6) is 0 Å². The van der Waals surface area contributed by atoms with Crippen molar-refractivity contribution in [3.63, 3.8) is 0 Å². The largest absolute Gasteiger partial charge is 0.418 e. The minimum atomic E-state index is -4.85. The second kappa shape index (κ2) is 6.79. The molecule has 2 amide bonds. The smallest absolute Gasteiger partial charge is 0.385 e. The second-order valence-corrected chi connectivity index (χ2v) is 8.06. The number of fused-ring (bicyclic) bond motifs is 2. The summed E-state index contributed by atoms with van der Waals surface area (Å²) in [5.41, 5.74) is 5.73. The van der Waals surface area contributed by atoms with Gasteiger partial charge in [0.15, 0.2) is 0 Å². The molecule has 2 aliphatic rings. The van der Waals surface area contributed by atoms with Gasteiger partial charge in [0.25, 0.3) is 10.0 Å². The lowest BCUT2D eigenvalue weighted by atomic mass is 10.0. The number of hydrogen-bond donors (Lipinski definition) is 2. The van der Waals surface area contributed by atoms with Crippen LogP contribution in [0.1, 0.15) is 12.8 Å². The third-order valence-corrected chi connectivity index (χ3v) is 5.15. The third-order valence-electron chi connectivity index (χ3n) is 3.63. The average Bonchev–Trinajstić information content (AvgIpc) is 2.68. The summed E-state index contributed by atoms with van der Waals surface area (Å²) in [6.07, 6.45) is 0.577. The first-order chi connectivity index (χ1) is 11.0. The van der Waals surface area contributed by atoms with Crippen LogP contribution < -0.4 is 5.73 Å². The zero-order valence-electron chi connectivity index (χ0n) is 12.7. The second-order valence-electron chi connectivity index (χ2n) is 5.30. The van der Waals surface area contributed by atoms with Gasteiger partial charge in [-0.2, -0.15) is 13.5 Å². The van der Waals surface area contributed by atoms with Crippen LogP contribution in [0.2, 0.25) is 0 Å². The van der Waals surface area contributed by atoms with E-state index >= 15 is 0 Å². The molecule has 2 rings (SSSR count). The molecule has 12 nitrogen and oxygen atoms in total. The average molecular weight is 386 g/mol. The molecule has 0 aromatic rings. The number of carbonyl (C=O) groups is 1. The van der Waals surface area contributed by atoms with Gasteiger partial charge in [-0.15, -0.1) is 8.68 Å². The van der Waals surface area contributed by atoms with E-state index in [0.717, 1.165) is 4.90 Å². The molecule has 2 unspecified atom stereocenters. The van der Waals surface area contributed by atoms with E-state index in [1.807, 2.05) is 0 Å². The molecule has 3 N–H and O–H groups in total. The fraction of sp³-hybridized carbons (Fsp3) is 0.800. The van der Waals surface area contributed by atoms with Crippen LogP contribution in [-0.4, -0.2) is 81.3 Å². The number of rotatable bonds is 7. The molecule has 0 aliphatic carbocycles. The number of nitrogens with zero attached hydrogens (tertiary/aromatic N) is 3. The summed E-state index contributed by atoms with van der Waals surface area (Å²) >= 11 is 0. The van der Waals surface area contributed by atoms with Gasteiger partial charge >= 0.3 is 16.4 Å². The molecule has 14 heteroatoms. The molecule has 0 saturated carbocycles. The van der Waals surface area contributed by atoms with Crippen LogP contribution in [-0.2, 0) is 29.4 Å². The van der Waals surface area contributed by atoms with Crippen LogP contribution in [0.25, 0.3) is 0 Å². The summed E-state index contributed by atoms with van der Waals surface area (Å²) in [7, 11) is -7.36. The molecule has 2 saturated heterocycles. The van der Waals surface area contributed by atoms with Crippen molar-refractivity contribution in [2.45, 2.75) is 24.9 Å².